The van der Waals surface area contributed by atoms with Crippen molar-refractivity contribution in [2.24, 2.45) is 11.5 Å². The lowest BCUT2D eigenvalue weighted by Gasteiger charge is -2.22. The Morgan fingerprint density at radius 3 is 2.57 bits per heavy atom. The van der Waals surface area contributed by atoms with Gasteiger partial charge in [0.05, 0.1) is 6.04 Å². The van der Waals surface area contributed by atoms with Crippen LogP contribution in [0.1, 0.15) is 32.6 Å². The average Bonchev–Trinajstić information content (AvgIpc) is 2.94. The van der Waals surface area contributed by atoms with Gasteiger partial charge in [0.25, 0.3) is 0 Å². The maximum atomic E-state index is 10.7. The van der Waals surface area contributed by atoms with E-state index in [1.165, 1.54) is 12.8 Å². The normalized spacial score (nSPS) is 18.5. The quantitative estimate of drug-likeness (QED) is 0.609. The minimum Gasteiger partial charge on any atom is -0.368 e. The first-order valence-corrected chi connectivity index (χ1v) is 5.44. The lowest BCUT2D eigenvalue weighted by atomic mass is 10.2. The maximum absolute atomic E-state index is 10.7. The number of primary amides is 1. The Kier molecular flexibility index (Phi) is 4.35. The number of nitrogens with two attached hydrogens (primary N) is 2. The molecule has 82 valence electrons. The molecule has 1 aliphatic carbocycles. The Morgan fingerprint density at radius 1 is 1.50 bits per heavy atom. The van der Waals surface area contributed by atoms with Gasteiger partial charge in [-0.1, -0.05) is 6.92 Å². The van der Waals surface area contributed by atoms with Crippen LogP contribution in [0.3, 0.4) is 0 Å². The summed E-state index contributed by atoms with van der Waals surface area (Å²) in [5.41, 5.74) is 10.7. The van der Waals surface area contributed by atoms with Gasteiger partial charge in [0.15, 0.2) is 0 Å². The van der Waals surface area contributed by atoms with Gasteiger partial charge >= 0.3 is 0 Å². The summed E-state index contributed by atoms with van der Waals surface area (Å²) in [6.45, 7) is 4.18. The number of carbonyl (C=O) groups excluding carboxylic acids is 1. The number of carbonyl (C=O) groups is 1. The molecule has 1 fully saturated rings. The second-order valence-electron chi connectivity index (χ2n) is 4.06. The van der Waals surface area contributed by atoms with Crippen molar-refractivity contribution in [2.45, 2.75) is 44.7 Å². The van der Waals surface area contributed by atoms with Crippen LogP contribution >= 0.6 is 0 Å². The summed E-state index contributed by atoms with van der Waals surface area (Å²) in [5, 5.41) is 0. The molecule has 1 atom stereocenters. The van der Waals surface area contributed by atoms with Crippen molar-refractivity contribution in [1.29, 1.82) is 0 Å². The fourth-order valence-electron chi connectivity index (χ4n) is 1.65. The van der Waals surface area contributed by atoms with Gasteiger partial charge in [-0.05, 0) is 32.2 Å². The summed E-state index contributed by atoms with van der Waals surface area (Å²) in [6.07, 6.45) is 4.44. The van der Waals surface area contributed by atoms with Crippen LogP contribution in [0, 0.1) is 0 Å². The second kappa shape index (κ2) is 5.32. The topological polar surface area (TPSA) is 72.3 Å². The van der Waals surface area contributed by atoms with Crippen LogP contribution in [-0.4, -0.2) is 36.0 Å². The van der Waals surface area contributed by atoms with Crippen molar-refractivity contribution >= 4 is 5.91 Å². The molecule has 4 nitrogen and oxygen atoms in total. The number of hydrogen-bond donors (Lipinski definition) is 2. The highest BCUT2D eigenvalue weighted by Crippen LogP contribution is 2.26. The zero-order valence-corrected chi connectivity index (χ0v) is 8.91. The second-order valence-corrected chi connectivity index (χ2v) is 4.06. The van der Waals surface area contributed by atoms with E-state index in [-0.39, 0.29) is 0 Å². The highest BCUT2D eigenvalue weighted by molar-refractivity contribution is 5.79. The van der Waals surface area contributed by atoms with Crippen molar-refractivity contribution in [3.63, 3.8) is 0 Å². The van der Waals surface area contributed by atoms with Crippen molar-refractivity contribution in [1.82, 2.24) is 4.90 Å². The first-order chi connectivity index (χ1) is 6.65. The van der Waals surface area contributed by atoms with Gasteiger partial charge in [-0.2, -0.15) is 0 Å². The standard InChI is InChI=1S/C10H21N3O/c1-2-6-13(8-3-4-8)7-5-9(11)10(12)14/h8-9H,2-7,11H2,1H3,(H2,12,14). The lowest BCUT2D eigenvalue weighted by Crippen LogP contribution is -2.40. The molecule has 14 heavy (non-hydrogen) atoms. The van der Waals surface area contributed by atoms with Gasteiger partial charge in [0.2, 0.25) is 5.91 Å². The van der Waals surface area contributed by atoms with Crippen LogP contribution in [-0.2, 0) is 4.79 Å². The first kappa shape index (κ1) is 11.5. The Hall–Kier alpha value is -0.610. The predicted molar refractivity (Wildman–Crippen MR) is 56.7 cm³/mol. The maximum Gasteiger partial charge on any atom is 0.234 e. The molecule has 1 unspecified atom stereocenters. The van der Waals surface area contributed by atoms with Gasteiger partial charge in [0.1, 0.15) is 0 Å². The van der Waals surface area contributed by atoms with E-state index in [1.807, 2.05) is 0 Å². The van der Waals surface area contributed by atoms with E-state index in [2.05, 4.69) is 11.8 Å². The minimum atomic E-state index is -0.479. The molecule has 0 aromatic heterocycles. The smallest absolute Gasteiger partial charge is 0.234 e. The van der Waals surface area contributed by atoms with Gasteiger partial charge in [-0.15, -0.1) is 0 Å². The molecule has 4 heteroatoms. The molecule has 0 radical (unpaired) electrons. The molecule has 1 saturated carbocycles. The first-order valence-electron chi connectivity index (χ1n) is 5.44. The third-order valence-electron chi connectivity index (χ3n) is 2.67. The number of nitrogens with zero attached hydrogens (tertiary/aromatic N) is 1. The van der Waals surface area contributed by atoms with Crippen LogP contribution in [0.4, 0.5) is 0 Å². The largest absolute Gasteiger partial charge is 0.368 e. The summed E-state index contributed by atoms with van der Waals surface area (Å²) >= 11 is 0. The number of amides is 1. The molecule has 0 aromatic rings. The number of rotatable bonds is 7. The Morgan fingerprint density at radius 2 is 2.14 bits per heavy atom. The molecule has 0 spiro atoms. The van der Waals surface area contributed by atoms with Crippen LogP contribution in [0.5, 0.6) is 0 Å². The monoisotopic (exact) mass is 199 g/mol. The average molecular weight is 199 g/mol. The molecule has 1 amide bonds. The fraction of sp³-hybridized carbons (Fsp3) is 0.900. The van der Waals surface area contributed by atoms with Crippen molar-refractivity contribution in [2.75, 3.05) is 13.1 Å². The van der Waals surface area contributed by atoms with E-state index in [0.717, 1.165) is 25.6 Å². The van der Waals surface area contributed by atoms with Crippen LogP contribution in [0.15, 0.2) is 0 Å². The Labute approximate surface area is 85.6 Å². The van der Waals surface area contributed by atoms with Gasteiger partial charge < -0.3 is 16.4 Å². The van der Waals surface area contributed by atoms with Crippen LogP contribution in [0.25, 0.3) is 0 Å². The molecule has 4 N–H and O–H groups in total. The molecule has 0 heterocycles. The summed E-state index contributed by atoms with van der Waals surface area (Å²) in [6, 6.07) is 0.267. The summed E-state index contributed by atoms with van der Waals surface area (Å²) in [5.74, 6) is -0.391. The van der Waals surface area contributed by atoms with E-state index >= 15 is 0 Å². The molecular weight excluding hydrogens is 178 g/mol. The van der Waals surface area contributed by atoms with E-state index < -0.39 is 11.9 Å². The van der Waals surface area contributed by atoms with E-state index in [9.17, 15) is 4.79 Å². The van der Waals surface area contributed by atoms with Gasteiger partial charge in [0, 0.05) is 12.6 Å². The molecule has 0 aromatic carbocycles. The highest BCUT2D eigenvalue weighted by atomic mass is 16.1. The van der Waals surface area contributed by atoms with Crippen LogP contribution < -0.4 is 11.5 Å². The lowest BCUT2D eigenvalue weighted by molar-refractivity contribution is -0.119. The number of hydrogen-bond acceptors (Lipinski definition) is 3. The van der Waals surface area contributed by atoms with Crippen molar-refractivity contribution in [3.8, 4) is 0 Å². The van der Waals surface area contributed by atoms with Crippen molar-refractivity contribution < 1.29 is 4.79 Å². The summed E-state index contributed by atoms with van der Waals surface area (Å²) in [4.78, 5) is 13.2. The molecular formula is C10H21N3O. The summed E-state index contributed by atoms with van der Waals surface area (Å²) in [7, 11) is 0. The van der Waals surface area contributed by atoms with E-state index in [1.54, 1.807) is 0 Å². The SMILES string of the molecule is CCCN(CCC(N)C(N)=O)C1CC1. The predicted octanol–water partition coefficient (Wildman–Crippen LogP) is 0.0635. The zero-order valence-electron chi connectivity index (χ0n) is 8.91. The summed E-state index contributed by atoms with van der Waals surface area (Å²) < 4.78 is 0. The molecule has 0 saturated heterocycles. The Balaban J connectivity index is 2.22. The Bertz CT molecular complexity index is 192. The van der Waals surface area contributed by atoms with E-state index in [0.29, 0.717) is 6.42 Å². The third kappa shape index (κ3) is 3.64. The highest BCUT2D eigenvalue weighted by Gasteiger charge is 2.28. The molecule has 0 bridgehead atoms. The fourth-order valence-corrected chi connectivity index (χ4v) is 1.65. The van der Waals surface area contributed by atoms with Crippen molar-refractivity contribution in [3.05, 3.63) is 0 Å². The third-order valence-corrected chi connectivity index (χ3v) is 2.67. The zero-order chi connectivity index (χ0) is 10.6. The van der Waals surface area contributed by atoms with E-state index in [4.69, 9.17) is 11.5 Å². The molecule has 0 aliphatic heterocycles. The molecule has 1 aliphatic rings. The van der Waals surface area contributed by atoms with Crippen LogP contribution in [0.2, 0.25) is 0 Å². The minimum absolute atomic E-state index is 0.391. The molecule has 1 rings (SSSR count). The van der Waals surface area contributed by atoms with Gasteiger partial charge in [-0.25, -0.2) is 0 Å². The van der Waals surface area contributed by atoms with Gasteiger partial charge in [-0.3, -0.25) is 4.79 Å².